The number of piperidine rings is 1. The van der Waals surface area contributed by atoms with Gasteiger partial charge in [-0.05, 0) is 73.8 Å². The number of alkyl halides is 3. The van der Waals surface area contributed by atoms with Crippen molar-refractivity contribution in [1.82, 2.24) is 14.9 Å². The first kappa shape index (κ1) is 29.1. The number of carbonyl (C=O) groups is 1. The average Bonchev–Trinajstić information content (AvgIpc) is 3.42. The van der Waals surface area contributed by atoms with Crippen LogP contribution in [0.25, 0.3) is 0 Å². The first-order valence-electron chi connectivity index (χ1n) is 12.5. The van der Waals surface area contributed by atoms with Crippen molar-refractivity contribution < 1.29 is 31.1 Å². The Kier molecular flexibility index (Phi) is 9.31. The van der Waals surface area contributed by atoms with Crippen molar-refractivity contribution in [1.29, 1.82) is 0 Å². The monoisotopic (exact) mass is 581 g/mol. The van der Waals surface area contributed by atoms with Gasteiger partial charge in [-0.15, -0.1) is 11.3 Å². The zero-order valence-electron chi connectivity index (χ0n) is 21.3. The van der Waals surface area contributed by atoms with Crippen LogP contribution in [0.1, 0.15) is 39.2 Å². The van der Waals surface area contributed by atoms with Crippen molar-refractivity contribution in [2.24, 2.45) is 0 Å². The average molecular weight is 582 g/mol. The zero-order valence-corrected chi connectivity index (χ0v) is 23.0. The maximum atomic E-state index is 13.2. The van der Waals surface area contributed by atoms with E-state index >= 15 is 0 Å². The van der Waals surface area contributed by atoms with Crippen LogP contribution < -0.4 is 15.4 Å². The number of benzene rings is 2. The number of rotatable bonds is 10. The minimum absolute atomic E-state index is 0.136. The van der Waals surface area contributed by atoms with Crippen LogP contribution in [-0.4, -0.2) is 51.4 Å². The van der Waals surface area contributed by atoms with E-state index in [-0.39, 0.29) is 22.7 Å². The summed E-state index contributed by atoms with van der Waals surface area (Å²) in [6.45, 7) is 1.56. The summed E-state index contributed by atoms with van der Waals surface area (Å²) in [6.07, 6.45) is -2.48. The molecule has 0 bridgehead atoms. The Morgan fingerprint density at radius 1 is 1.08 bits per heavy atom. The number of sulfonamides is 1. The molecule has 2 N–H and O–H groups in total. The molecule has 12 heteroatoms. The minimum atomic E-state index is -4.34. The van der Waals surface area contributed by atoms with Gasteiger partial charge in [-0.25, -0.2) is 8.42 Å². The van der Waals surface area contributed by atoms with Crippen LogP contribution in [0, 0.1) is 0 Å². The lowest BCUT2D eigenvalue weighted by Gasteiger charge is -2.31. The molecule has 0 saturated carbocycles. The van der Waals surface area contributed by atoms with Crippen LogP contribution in [0.3, 0.4) is 0 Å². The Morgan fingerprint density at radius 3 is 2.46 bits per heavy atom. The number of hydrogen-bond donors (Lipinski definition) is 2. The zero-order chi connectivity index (χ0) is 28.0. The van der Waals surface area contributed by atoms with Gasteiger partial charge in [-0.2, -0.15) is 17.5 Å². The van der Waals surface area contributed by atoms with Crippen molar-refractivity contribution in [2.45, 2.75) is 42.2 Å². The lowest BCUT2D eigenvalue weighted by molar-refractivity contribution is -0.137. The highest BCUT2D eigenvalue weighted by Crippen LogP contribution is 2.29. The molecule has 1 aromatic heterocycles. The van der Waals surface area contributed by atoms with Gasteiger partial charge in [0, 0.05) is 29.6 Å². The number of thiophene rings is 1. The van der Waals surface area contributed by atoms with Gasteiger partial charge in [-0.3, -0.25) is 4.79 Å². The highest BCUT2D eigenvalue weighted by Gasteiger charge is 2.31. The van der Waals surface area contributed by atoms with Crippen LogP contribution >= 0.6 is 11.3 Å². The van der Waals surface area contributed by atoms with E-state index in [1.54, 1.807) is 36.4 Å². The van der Waals surface area contributed by atoms with Gasteiger partial charge in [0.2, 0.25) is 0 Å². The topological polar surface area (TPSA) is 87.7 Å². The van der Waals surface area contributed by atoms with E-state index in [2.05, 4.69) is 10.6 Å². The summed E-state index contributed by atoms with van der Waals surface area (Å²) >= 11 is 1.14. The lowest BCUT2D eigenvalue weighted by atomic mass is 10.1. The van der Waals surface area contributed by atoms with Gasteiger partial charge >= 0.3 is 6.18 Å². The Balaban J connectivity index is 1.23. The molecular formula is C27H30F3N3O4S2. The summed E-state index contributed by atoms with van der Waals surface area (Å²) in [5.41, 5.74) is 0.599. The minimum Gasteiger partial charge on any atom is -0.497 e. The second-order valence-electron chi connectivity index (χ2n) is 9.21. The fraction of sp³-hybridized carbons (Fsp3) is 0.370. The van der Waals surface area contributed by atoms with Gasteiger partial charge in [0.15, 0.2) is 0 Å². The quantitative estimate of drug-likeness (QED) is 0.363. The molecule has 3 aromatic rings. The molecule has 1 fully saturated rings. The highest BCUT2D eigenvalue weighted by atomic mass is 32.2. The number of hydrogen-bond acceptors (Lipinski definition) is 6. The van der Waals surface area contributed by atoms with Crippen molar-refractivity contribution in [3.63, 3.8) is 0 Å². The van der Waals surface area contributed by atoms with Crippen LogP contribution in [0.5, 0.6) is 5.75 Å². The molecule has 2 heterocycles. The number of methoxy groups -OCH3 is 1. The van der Waals surface area contributed by atoms with Gasteiger partial charge < -0.3 is 15.4 Å². The maximum Gasteiger partial charge on any atom is 0.416 e. The maximum absolute atomic E-state index is 13.2. The molecule has 0 radical (unpaired) electrons. The number of halogens is 3. The third-order valence-corrected chi connectivity index (χ3v) is 10.0. The Hall–Kier alpha value is -2.93. The molecule has 1 aliphatic rings. The van der Waals surface area contributed by atoms with Crippen LogP contribution in [0.2, 0.25) is 0 Å². The summed E-state index contributed by atoms with van der Waals surface area (Å²) in [4.78, 5) is 13.2. The molecule has 2 aromatic carbocycles. The number of nitrogens with zero attached hydrogens (tertiary/aromatic N) is 1. The predicted octanol–water partition coefficient (Wildman–Crippen LogP) is 4.69. The normalized spacial score (nSPS) is 15.3. The number of amides is 1. The van der Waals surface area contributed by atoms with Crippen LogP contribution in [0.15, 0.2) is 64.9 Å². The first-order chi connectivity index (χ1) is 18.6. The summed E-state index contributed by atoms with van der Waals surface area (Å²) < 4.78 is 71.3. The van der Waals surface area contributed by atoms with E-state index < -0.39 is 21.8 Å². The van der Waals surface area contributed by atoms with Crippen molar-refractivity contribution >= 4 is 27.3 Å². The molecule has 39 heavy (non-hydrogen) atoms. The third kappa shape index (κ3) is 7.59. The van der Waals surface area contributed by atoms with Crippen molar-refractivity contribution in [3.05, 3.63) is 82.2 Å². The van der Waals surface area contributed by atoms with Crippen LogP contribution in [-0.2, 0) is 29.2 Å². The Bertz CT molecular complexity index is 1370. The van der Waals surface area contributed by atoms with Crippen molar-refractivity contribution in [2.75, 3.05) is 26.7 Å². The molecule has 0 aliphatic carbocycles. The molecule has 1 saturated heterocycles. The van der Waals surface area contributed by atoms with Gasteiger partial charge in [0.25, 0.3) is 15.9 Å². The number of nitrogens with one attached hydrogen (secondary N) is 2. The van der Waals surface area contributed by atoms with Gasteiger partial charge in [0.05, 0.1) is 19.2 Å². The van der Waals surface area contributed by atoms with Crippen LogP contribution in [0.4, 0.5) is 13.2 Å². The predicted molar refractivity (Wildman–Crippen MR) is 143 cm³/mol. The molecule has 1 aliphatic heterocycles. The summed E-state index contributed by atoms with van der Waals surface area (Å²) in [5, 5.41) is 6.20. The summed E-state index contributed by atoms with van der Waals surface area (Å²) in [6, 6.07) is 15.3. The molecule has 0 spiro atoms. The van der Waals surface area contributed by atoms with Gasteiger partial charge in [-0.1, -0.05) is 18.2 Å². The summed E-state index contributed by atoms with van der Waals surface area (Å²) in [5.74, 6) is 0.296. The molecular weight excluding hydrogens is 551 g/mol. The molecule has 4 rings (SSSR count). The van der Waals surface area contributed by atoms with E-state index in [9.17, 15) is 26.4 Å². The molecule has 7 nitrogen and oxygen atoms in total. The number of ether oxygens (including phenoxy) is 1. The highest BCUT2D eigenvalue weighted by molar-refractivity contribution is 7.91. The second-order valence-corrected chi connectivity index (χ2v) is 12.5. The Morgan fingerprint density at radius 2 is 1.79 bits per heavy atom. The van der Waals surface area contributed by atoms with Crippen molar-refractivity contribution in [3.8, 4) is 5.75 Å². The molecule has 0 atom stereocenters. The smallest absolute Gasteiger partial charge is 0.416 e. The van der Waals surface area contributed by atoms with E-state index in [0.717, 1.165) is 33.9 Å². The largest absolute Gasteiger partial charge is 0.497 e. The van der Waals surface area contributed by atoms with E-state index in [4.69, 9.17) is 4.74 Å². The molecule has 210 valence electrons. The third-order valence-electron chi connectivity index (χ3n) is 6.57. The molecule has 0 unspecified atom stereocenters. The van der Waals surface area contributed by atoms with E-state index in [1.807, 2.05) is 0 Å². The van der Waals surface area contributed by atoms with Gasteiger partial charge in [0.1, 0.15) is 9.96 Å². The Labute approximate surface area is 230 Å². The fourth-order valence-corrected chi connectivity index (χ4v) is 7.25. The van der Waals surface area contributed by atoms with E-state index in [0.29, 0.717) is 50.2 Å². The second kappa shape index (κ2) is 12.5. The standard InChI is InChI=1S/C27H30F3N3O4S2/c1-37-23-4-2-3-20(17-23)26(34)32-18-24-9-10-25(38-24)39(35,36)33-15-12-22(13-16-33)31-14-11-19-5-7-21(8-6-19)27(28,29)30/h2-10,17,22,31H,11-16,18H2,1H3,(H,32,34). The molecule has 1 amide bonds. The SMILES string of the molecule is COc1cccc(C(=O)NCc2ccc(S(=O)(=O)N3CCC(NCCc4ccc(C(F)(F)F)cc4)CC3)s2)c1. The summed E-state index contributed by atoms with van der Waals surface area (Å²) in [7, 11) is -2.12. The van der Waals surface area contributed by atoms with E-state index in [1.165, 1.54) is 23.5 Å². The fourth-order valence-electron chi connectivity index (χ4n) is 4.33. The first-order valence-corrected chi connectivity index (χ1v) is 14.7. The lowest BCUT2D eigenvalue weighted by Crippen LogP contribution is -2.45. The number of carbonyl (C=O) groups excluding carboxylic acids is 1.